The van der Waals surface area contributed by atoms with Crippen LogP contribution < -0.4 is 14.8 Å². The molecule has 1 N–H and O–H groups in total. The summed E-state index contributed by atoms with van der Waals surface area (Å²) in [5.74, 6) is 1.63. The Morgan fingerprint density at radius 3 is 2.79 bits per heavy atom. The van der Waals surface area contributed by atoms with Crippen molar-refractivity contribution < 1.29 is 14.3 Å². The second-order valence-corrected chi connectivity index (χ2v) is 6.05. The molecule has 2 rings (SSSR count). The maximum absolute atomic E-state index is 12.0. The fraction of sp³-hybridized carbons (Fsp3) is 0.500. The van der Waals surface area contributed by atoms with Crippen molar-refractivity contribution in [1.29, 1.82) is 0 Å². The van der Waals surface area contributed by atoms with Crippen molar-refractivity contribution in [3.05, 3.63) is 24.3 Å². The smallest absolute Gasteiger partial charge is 0.264 e. The number of benzene rings is 1. The van der Waals surface area contributed by atoms with Crippen molar-refractivity contribution in [2.75, 3.05) is 13.2 Å². The van der Waals surface area contributed by atoms with Gasteiger partial charge in [0.2, 0.25) is 6.10 Å². The summed E-state index contributed by atoms with van der Waals surface area (Å²) >= 11 is 3.53. The SMILES string of the molecule is CC(C)C(Br)CNC(=O)C1COc2ccccc2O1. The van der Waals surface area contributed by atoms with E-state index < -0.39 is 6.10 Å². The van der Waals surface area contributed by atoms with Crippen molar-refractivity contribution in [3.8, 4) is 11.5 Å². The number of carbonyl (C=O) groups excluding carboxylic acids is 1. The Labute approximate surface area is 121 Å². The quantitative estimate of drug-likeness (QED) is 0.863. The lowest BCUT2D eigenvalue weighted by Gasteiger charge is -2.26. The number of halogens is 1. The maximum atomic E-state index is 12.0. The summed E-state index contributed by atoms with van der Waals surface area (Å²) in [7, 11) is 0. The normalized spacial score (nSPS) is 19.1. The average molecular weight is 328 g/mol. The molecule has 0 saturated carbocycles. The largest absolute Gasteiger partial charge is 0.485 e. The Hall–Kier alpha value is -1.23. The lowest BCUT2D eigenvalue weighted by atomic mass is 10.1. The van der Waals surface area contributed by atoms with E-state index in [1.165, 1.54) is 0 Å². The van der Waals surface area contributed by atoms with Gasteiger partial charge in [0, 0.05) is 11.4 Å². The van der Waals surface area contributed by atoms with Crippen LogP contribution in [0.2, 0.25) is 0 Å². The number of alkyl halides is 1. The van der Waals surface area contributed by atoms with Crippen LogP contribution in [0.25, 0.3) is 0 Å². The highest BCUT2D eigenvalue weighted by Crippen LogP contribution is 2.30. The molecule has 1 aromatic rings. The Bertz CT molecular complexity index is 450. The van der Waals surface area contributed by atoms with Crippen LogP contribution in [0.4, 0.5) is 0 Å². The van der Waals surface area contributed by atoms with E-state index >= 15 is 0 Å². The first-order chi connectivity index (χ1) is 9.08. The zero-order valence-electron chi connectivity index (χ0n) is 11.1. The second kappa shape index (κ2) is 6.28. The van der Waals surface area contributed by atoms with Crippen molar-refractivity contribution in [1.82, 2.24) is 5.32 Å². The average Bonchev–Trinajstić information content (AvgIpc) is 2.43. The van der Waals surface area contributed by atoms with Crippen LogP contribution in [-0.2, 0) is 4.79 Å². The minimum absolute atomic E-state index is 0.139. The molecule has 1 aromatic carbocycles. The van der Waals surface area contributed by atoms with Gasteiger partial charge in [-0.2, -0.15) is 0 Å². The number of nitrogens with one attached hydrogen (secondary N) is 1. The van der Waals surface area contributed by atoms with Gasteiger partial charge >= 0.3 is 0 Å². The predicted molar refractivity (Wildman–Crippen MR) is 76.9 cm³/mol. The molecule has 1 aliphatic rings. The number of fused-ring (bicyclic) bond motifs is 1. The first-order valence-electron chi connectivity index (χ1n) is 6.38. The molecule has 0 radical (unpaired) electrons. The molecule has 1 heterocycles. The zero-order chi connectivity index (χ0) is 13.8. The molecule has 1 amide bonds. The number of carbonyl (C=O) groups is 1. The van der Waals surface area contributed by atoms with Gasteiger partial charge in [-0.05, 0) is 18.1 Å². The third kappa shape index (κ3) is 3.62. The second-order valence-electron chi connectivity index (χ2n) is 4.87. The Kier molecular flexibility index (Phi) is 4.69. The van der Waals surface area contributed by atoms with Gasteiger partial charge in [-0.15, -0.1) is 0 Å². The first kappa shape index (κ1) is 14.2. The number of rotatable bonds is 4. The van der Waals surface area contributed by atoms with Crippen molar-refractivity contribution in [3.63, 3.8) is 0 Å². The monoisotopic (exact) mass is 327 g/mol. The van der Waals surface area contributed by atoms with Crippen LogP contribution in [0.3, 0.4) is 0 Å². The van der Waals surface area contributed by atoms with Crippen LogP contribution in [0.15, 0.2) is 24.3 Å². The van der Waals surface area contributed by atoms with Crippen LogP contribution in [0.1, 0.15) is 13.8 Å². The van der Waals surface area contributed by atoms with E-state index in [2.05, 4.69) is 35.1 Å². The van der Waals surface area contributed by atoms with Gasteiger partial charge in [-0.3, -0.25) is 4.79 Å². The zero-order valence-corrected chi connectivity index (χ0v) is 12.6. The standard InChI is InChI=1S/C14H18BrNO3/c1-9(2)10(15)7-16-14(17)13-8-18-11-5-3-4-6-12(11)19-13/h3-6,9-10,13H,7-8H2,1-2H3,(H,16,17). The molecule has 5 heteroatoms. The van der Waals surface area contributed by atoms with E-state index in [1.807, 2.05) is 18.2 Å². The van der Waals surface area contributed by atoms with Crippen LogP contribution in [-0.4, -0.2) is 30.0 Å². The summed E-state index contributed by atoms with van der Waals surface area (Å²) in [4.78, 5) is 12.3. The van der Waals surface area contributed by atoms with Gasteiger partial charge in [-0.1, -0.05) is 41.9 Å². The summed E-state index contributed by atoms with van der Waals surface area (Å²) in [6.45, 7) is 5.03. The highest BCUT2D eigenvalue weighted by Gasteiger charge is 2.27. The van der Waals surface area contributed by atoms with Gasteiger partial charge in [0.05, 0.1) is 0 Å². The summed E-state index contributed by atoms with van der Waals surface area (Å²) in [5, 5.41) is 2.87. The molecule has 0 aliphatic carbocycles. The van der Waals surface area contributed by atoms with E-state index in [0.717, 1.165) is 0 Å². The topological polar surface area (TPSA) is 47.6 Å². The van der Waals surface area contributed by atoms with Gasteiger partial charge in [-0.25, -0.2) is 0 Å². The summed E-state index contributed by atoms with van der Waals surface area (Å²) in [5.41, 5.74) is 0. The molecule has 19 heavy (non-hydrogen) atoms. The van der Waals surface area contributed by atoms with Crippen molar-refractivity contribution >= 4 is 21.8 Å². The third-order valence-corrected chi connectivity index (χ3v) is 4.38. The molecule has 1 aliphatic heterocycles. The maximum Gasteiger partial charge on any atom is 0.264 e. The molecule has 0 fully saturated rings. The van der Waals surface area contributed by atoms with E-state index in [1.54, 1.807) is 6.07 Å². The molecule has 2 atom stereocenters. The highest BCUT2D eigenvalue weighted by atomic mass is 79.9. The van der Waals surface area contributed by atoms with E-state index in [-0.39, 0.29) is 17.3 Å². The lowest BCUT2D eigenvalue weighted by molar-refractivity contribution is -0.130. The minimum Gasteiger partial charge on any atom is -0.485 e. The summed E-state index contributed by atoms with van der Waals surface area (Å²) in [6.07, 6.45) is -0.582. The molecular formula is C14H18BrNO3. The van der Waals surface area contributed by atoms with Crippen LogP contribution in [0, 0.1) is 5.92 Å². The molecule has 2 unspecified atom stereocenters. The van der Waals surface area contributed by atoms with Crippen LogP contribution >= 0.6 is 15.9 Å². The Morgan fingerprint density at radius 2 is 2.11 bits per heavy atom. The highest BCUT2D eigenvalue weighted by molar-refractivity contribution is 9.09. The van der Waals surface area contributed by atoms with Crippen LogP contribution in [0.5, 0.6) is 11.5 Å². The fourth-order valence-corrected chi connectivity index (χ4v) is 1.86. The lowest BCUT2D eigenvalue weighted by Crippen LogP contribution is -2.45. The van der Waals surface area contributed by atoms with E-state index in [0.29, 0.717) is 24.0 Å². The number of hydrogen-bond donors (Lipinski definition) is 1. The summed E-state index contributed by atoms with van der Waals surface area (Å²) in [6, 6.07) is 7.36. The number of ether oxygens (including phenoxy) is 2. The Morgan fingerprint density at radius 1 is 1.42 bits per heavy atom. The molecule has 4 nitrogen and oxygen atoms in total. The van der Waals surface area contributed by atoms with Gasteiger partial charge < -0.3 is 14.8 Å². The predicted octanol–water partition coefficient (Wildman–Crippen LogP) is 2.36. The van der Waals surface area contributed by atoms with Gasteiger partial charge in [0.25, 0.3) is 5.91 Å². The van der Waals surface area contributed by atoms with E-state index in [4.69, 9.17) is 9.47 Å². The molecular weight excluding hydrogens is 310 g/mol. The third-order valence-electron chi connectivity index (χ3n) is 3.00. The molecule has 0 bridgehead atoms. The number of amides is 1. The fourth-order valence-electron chi connectivity index (χ4n) is 1.70. The molecule has 0 saturated heterocycles. The molecule has 0 aromatic heterocycles. The van der Waals surface area contributed by atoms with Crippen molar-refractivity contribution in [2.45, 2.75) is 24.8 Å². The van der Waals surface area contributed by atoms with Crippen molar-refractivity contribution in [2.24, 2.45) is 5.92 Å². The van der Waals surface area contributed by atoms with E-state index in [9.17, 15) is 4.79 Å². The summed E-state index contributed by atoms with van der Waals surface area (Å²) < 4.78 is 11.1. The molecule has 104 valence electrons. The first-order valence-corrected chi connectivity index (χ1v) is 7.29. The number of para-hydroxylation sites is 2. The minimum atomic E-state index is -0.582. The van der Waals surface area contributed by atoms with Gasteiger partial charge in [0.1, 0.15) is 6.61 Å². The van der Waals surface area contributed by atoms with Gasteiger partial charge in [0.15, 0.2) is 11.5 Å². The number of hydrogen-bond acceptors (Lipinski definition) is 3. The molecule has 0 spiro atoms. The Balaban J connectivity index is 1.89.